The zero-order chi connectivity index (χ0) is 16.9. The van der Waals surface area contributed by atoms with Crippen LogP contribution in [0.4, 0.5) is 17.3 Å². The van der Waals surface area contributed by atoms with E-state index in [9.17, 15) is 4.79 Å². The number of rotatable bonds is 4. The lowest BCUT2D eigenvalue weighted by Gasteiger charge is -2.09. The number of hydrogen-bond acceptors (Lipinski definition) is 4. The molecular weight excluding hydrogens is 324 g/mol. The molecule has 1 heterocycles. The van der Waals surface area contributed by atoms with Crippen LogP contribution in [0.5, 0.6) is 0 Å². The highest BCUT2D eigenvalue weighted by Crippen LogP contribution is 2.21. The molecule has 0 saturated carbocycles. The molecule has 3 rings (SSSR count). The summed E-state index contributed by atoms with van der Waals surface area (Å²) in [5.74, 6) is 0.0375. The number of halogens is 1. The minimum absolute atomic E-state index is 0.266. The summed E-state index contributed by atoms with van der Waals surface area (Å²) in [4.78, 5) is 20.8. The van der Waals surface area contributed by atoms with Crippen molar-refractivity contribution >= 4 is 34.8 Å². The summed E-state index contributed by atoms with van der Waals surface area (Å²) in [6, 6.07) is 16.4. The van der Waals surface area contributed by atoms with Gasteiger partial charge in [0.15, 0.2) is 0 Å². The Kier molecular flexibility index (Phi) is 4.72. The Morgan fingerprint density at radius 1 is 1.08 bits per heavy atom. The molecule has 2 N–H and O–H groups in total. The zero-order valence-corrected chi connectivity index (χ0v) is 13.7. The average Bonchev–Trinajstić information content (AvgIpc) is 2.59. The smallest absolute Gasteiger partial charge is 0.274 e. The quantitative estimate of drug-likeness (QED) is 0.738. The molecule has 6 heteroatoms. The lowest BCUT2D eigenvalue weighted by atomic mass is 10.2. The molecule has 0 spiro atoms. The van der Waals surface area contributed by atoms with Gasteiger partial charge in [0.2, 0.25) is 5.95 Å². The first-order chi connectivity index (χ1) is 11.6. The standard InChI is InChI=1S/C18H15ClN4O/c1-12-7-8-13(19)11-16(12)22-17(24)15-9-10-20-18(23-15)21-14-5-3-2-4-6-14/h2-11H,1H3,(H,22,24)(H,20,21,23). The molecule has 0 bridgehead atoms. The summed E-state index contributed by atoms with van der Waals surface area (Å²) in [5.41, 5.74) is 2.69. The third-order valence-electron chi connectivity index (χ3n) is 3.37. The Balaban J connectivity index is 1.78. The van der Waals surface area contributed by atoms with Crippen molar-refractivity contribution in [2.24, 2.45) is 0 Å². The maximum absolute atomic E-state index is 12.4. The number of benzene rings is 2. The topological polar surface area (TPSA) is 66.9 Å². The summed E-state index contributed by atoms with van der Waals surface area (Å²) in [6.45, 7) is 1.90. The number of hydrogen-bond donors (Lipinski definition) is 2. The third kappa shape index (κ3) is 3.88. The third-order valence-corrected chi connectivity index (χ3v) is 3.60. The van der Waals surface area contributed by atoms with E-state index < -0.39 is 0 Å². The molecule has 0 aliphatic heterocycles. The highest BCUT2D eigenvalue weighted by Gasteiger charge is 2.11. The van der Waals surface area contributed by atoms with E-state index in [0.29, 0.717) is 16.7 Å². The average molecular weight is 339 g/mol. The SMILES string of the molecule is Cc1ccc(Cl)cc1NC(=O)c1ccnc(Nc2ccccc2)n1. The first kappa shape index (κ1) is 16.0. The molecule has 0 radical (unpaired) electrons. The molecule has 120 valence electrons. The van der Waals surface area contributed by atoms with Crippen molar-refractivity contribution in [1.29, 1.82) is 0 Å². The number of nitrogens with one attached hydrogen (secondary N) is 2. The van der Waals surface area contributed by atoms with Crippen molar-refractivity contribution in [3.63, 3.8) is 0 Å². The van der Waals surface area contributed by atoms with Crippen molar-refractivity contribution in [3.05, 3.63) is 77.1 Å². The Labute approximate surface area is 144 Å². The van der Waals surface area contributed by atoms with Crippen LogP contribution < -0.4 is 10.6 Å². The van der Waals surface area contributed by atoms with E-state index in [1.54, 1.807) is 18.2 Å². The molecule has 3 aromatic rings. The van der Waals surface area contributed by atoms with Crippen molar-refractivity contribution < 1.29 is 4.79 Å². The number of aromatic nitrogens is 2. The number of nitrogens with zero attached hydrogens (tertiary/aromatic N) is 2. The molecule has 1 amide bonds. The summed E-state index contributed by atoms with van der Waals surface area (Å²) in [7, 11) is 0. The van der Waals surface area contributed by atoms with Gasteiger partial charge in [-0.15, -0.1) is 0 Å². The van der Waals surface area contributed by atoms with E-state index in [-0.39, 0.29) is 11.6 Å². The van der Waals surface area contributed by atoms with Crippen molar-refractivity contribution in [1.82, 2.24) is 9.97 Å². The minimum Gasteiger partial charge on any atom is -0.324 e. The predicted octanol–water partition coefficient (Wildman–Crippen LogP) is 4.43. The van der Waals surface area contributed by atoms with Crippen molar-refractivity contribution in [3.8, 4) is 0 Å². The fourth-order valence-electron chi connectivity index (χ4n) is 2.11. The van der Waals surface area contributed by atoms with Crippen LogP contribution in [0.25, 0.3) is 0 Å². The fraction of sp³-hybridized carbons (Fsp3) is 0.0556. The zero-order valence-electron chi connectivity index (χ0n) is 13.0. The Morgan fingerprint density at radius 3 is 2.67 bits per heavy atom. The van der Waals surface area contributed by atoms with E-state index in [2.05, 4.69) is 20.6 Å². The molecule has 0 fully saturated rings. The van der Waals surface area contributed by atoms with Crippen LogP contribution in [0.3, 0.4) is 0 Å². The molecule has 2 aromatic carbocycles. The molecule has 1 aromatic heterocycles. The van der Waals surface area contributed by atoms with Crippen LogP contribution in [0.1, 0.15) is 16.1 Å². The normalized spacial score (nSPS) is 10.2. The number of anilines is 3. The van der Waals surface area contributed by atoms with Crippen LogP contribution in [0.15, 0.2) is 60.8 Å². The van der Waals surface area contributed by atoms with E-state index in [4.69, 9.17) is 11.6 Å². The minimum atomic E-state index is -0.320. The second-order valence-electron chi connectivity index (χ2n) is 5.17. The number of carbonyl (C=O) groups excluding carboxylic acids is 1. The van der Waals surface area contributed by atoms with Crippen LogP contribution in [-0.2, 0) is 0 Å². The Morgan fingerprint density at radius 2 is 1.88 bits per heavy atom. The van der Waals surface area contributed by atoms with Gasteiger partial charge in [-0.2, -0.15) is 0 Å². The van der Waals surface area contributed by atoms with Gasteiger partial charge in [0, 0.05) is 22.6 Å². The van der Waals surface area contributed by atoms with Crippen LogP contribution in [0.2, 0.25) is 5.02 Å². The van der Waals surface area contributed by atoms with Gasteiger partial charge in [0.05, 0.1) is 0 Å². The van der Waals surface area contributed by atoms with Gasteiger partial charge in [-0.05, 0) is 42.8 Å². The molecule has 0 saturated heterocycles. The van der Waals surface area contributed by atoms with Crippen LogP contribution in [-0.4, -0.2) is 15.9 Å². The van der Waals surface area contributed by atoms with E-state index >= 15 is 0 Å². The molecule has 5 nitrogen and oxygen atoms in total. The molecule has 0 aliphatic rings. The highest BCUT2D eigenvalue weighted by atomic mass is 35.5. The largest absolute Gasteiger partial charge is 0.324 e. The van der Waals surface area contributed by atoms with Gasteiger partial charge in [-0.25, -0.2) is 9.97 Å². The number of carbonyl (C=O) groups is 1. The van der Waals surface area contributed by atoms with E-state index in [1.807, 2.05) is 43.3 Å². The number of para-hydroxylation sites is 1. The fourth-order valence-corrected chi connectivity index (χ4v) is 2.28. The second-order valence-corrected chi connectivity index (χ2v) is 5.61. The molecule has 0 atom stereocenters. The maximum Gasteiger partial charge on any atom is 0.274 e. The van der Waals surface area contributed by atoms with Crippen molar-refractivity contribution in [2.75, 3.05) is 10.6 Å². The Bertz CT molecular complexity index is 868. The summed E-state index contributed by atoms with van der Waals surface area (Å²) in [5, 5.41) is 6.44. The predicted molar refractivity (Wildman–Crippen MR) is 95.9 cm³/mol. The lowest BCUT2D eigenvalue weighted by molar-refractivity contribution is 0.102. The first-order valence-corrected chi connectivity index (χ1v) is 7.72. The van der Waals surface area contributed by atoms with Crippen molar-refractivity contribution in [2.45, 2.75) is 6.92 Å². The molecule has 24 heavy (non-hydrogen) atoms. The number of amides is 1. The summed E-state index contributed by atoms with van der Waals surface area (Å²) >= 11 is 5.97. The lowest BCUT2D eigenvalue weighted by Crippen LogP contribution is -2.15. The van der Waals surface area contributed by atoms with Gasteiger partial charge >= 0.3 is 0 Å². The van der Waals surface area contributed by atoms with E-state index in [0.717, 1.165) is 11.3 Å². The summed E-state index contributed by atoms with van der Waals surface area (Å²) in [6.07, 6.45) is 1.54. The van der Waals surface area contributed by atoms with Gasteiger partial charge in [0.1, 0.15) is 5.69 Å². The van der Waals surface area contributed by atoms with Gasteiger partial charge in [-0.1, -0.05) is 35.9 Å². The highest BCUT2D eigenvalue weighted by molar-refractivity contribution is 6.31. The molecule has 0 unspecified atom stereocenters. The Hall–Kier alpha value is -2.92. The van der Waals surface area contributed by atoms with Gasteiger partial charge < -0.3 is 10.6 Å². The first-order valence-electron chi connectivity index (χ1n) is 7.34. The van der Waals surface area contributed by atoms with Crippen LogP contribution >= 0.6 is 11.6 Å². The monoisotopic (exact) mass is 338 g/mol. The van der Waals surface area contributed by atoms with Crippen LogP contribution in [0, 0.1) is 6.92 Å². The van der Waals surface area contributed by atoms with E-state index in [1.165, 1.54) is 6.20 Å². The molecular formula is C18H15ClN4O. The second kappa shape index (κ2) is 7.10. The summed E-state index contributed by atoms with van der Waals surface area (Å²) < 4.78 is 0. The van der Waals surface area contributed by atoms with Gasteiger partial charge in [-0.3, -0.25) is 4.79 Å². The number of aryl methyl sites for hydroxylation is 1. The molecule has 0 aliphatic carbocycles. The van der Waals surface area contributed by atoms with Gasteiger partial charge in [0.25, 0.3) is 5.91 Å². The maximum atomic E-state index is 12.4.